The molecule has 0 saturated carbocycles. The van der Waals surface area contributed by atoms with Crippen molar-refractivity contribution < 1.29 is 9.47 Å². The number of thiol groups is 1. The molecular weight excluding hydrogens is 396 g/mol. The predicted octanol–water partition coefficient (Wildman–Crippen LogP) is 5.00. The molecular formula is C23H24N4O2S. The minimum absolute atomic E-state index is 0.569. The molecule has 0 saturated heterocycles. The molecule has 0 aliphatic rings. The van der Waals surface area contributed by atoms with Crippen LogP contribution >= 0.6 is 12.6 Å². The summed E-state index contributed by atoms with van der Waals surface area (Å²) >= 11 is 4.55. The number of nitrogen functional groups attached to an aromatic ring is 1. The van der Waals surface area contributed by atoms with Crippen LogP contribution in [0.4, 0.5) is 17.2 Å². The van der Waals surface area contributed by atoms with E-state index < -0.39 is 5.50 Å². The number of hydrogen-bond donors (Lipinski definition) is 4. The van der Waals surface area contributed by atoms with E-state index in [1.165, 1.54) is 0 Å². The summed E-state index contributed by atoms with van der Waals surface area (Å²) in [5, 5.41) is 4.47. The van der Waals surface area contributed by atoms with Gasteiger partial charge in [-0.05, 0) is 48.0 Å². The van der Waals surface area contributed by atoms with Crippen molar-refractivity contribution in [2.75, 3.05) is 25.3 Å². The molecule has 3 aromatic carbocycles. The number of anilines is 3. The van der Waals surface area contributed by atoms with Gasteiger partial charge in [0, 0.05) is 10.9 Å². The summed E-state index contributed by atoms with van der Waals surface area (Å²) in [6.07, 6.45) is 0. The maximum Gasteiger partial charge on any atom is 0.128 e. The number of nitrogens with two attached hydrogens (primary N) is 2. The molecule has 7 heteroatoms. The van der Waals surface area contributed by atoms with Crippen molar-refractivity contribution >= 4 is 40.7 Å². The summed E-state index contributed by atoms with van der Waals surface area (Å²) in [4.78, 5) is 0. The van der Waals surface area contributed by atoms with Crippen LogP contribution in [0, 0.1) is 0 Å². The topological polar surface area (TPSA) is 87.5 Å². The molecule has 0 fully saturated rings. The Morgan fingerprint density at radius 2 is 1.60 bits per heavy atom. The fourth-order valence-electron chi connectivity index (χ4n) is 3.61. The lowest BCUT2D eigenvalue weighted by Crippen LogP contribution is -2.14. The van der Waals surface area contributed by atoms with Crippen LogP contribution in [-0.4, -0.2) is 18.8 Å². The van der Waals surface area contributed by atoms with E-state index in [0.717, 1.165) is 45.0 Å². The van der Waals surface area contributed by atoms with Crippen molar-refractivity contribution in [2.45, 2.75) is 5.50 Å². The van der Waals surface area contributed by atoms with E-state index in [4.69, 9.17) is 20.9 Å². The third-order valence-corrected chi connectivity index (χ3v) is 5.30. The largest absolute Gasteiger partial charge is 0.497 e. The van der Waals surface area contributed by atoms with Crippen LogP contribution in [0.5, 0.6) is 11.5 Å². The van der Waals surface area contributed by atoms with E-state index in [1.54, 1.807) is 14.2 Å². The summed E-state index contributed by atoms with van der Waals surface area (Å²) in [6, 6.07) is 21.4. The zero-order valence-electron chi connectivity index (χ0n) is 16.8. The molecule has 0 amide bonds. The highest BCUT2D eigenvalue weighted by Gasteiger charge is 2.22. The molecule has 0 aliphatic carbocycles. The zero-order chi connectivity index (χ0) is 21.3. The highest BCUT2D eigenvalue weighted by Crippen LogP contribution is 2.43. The Balaban J connectivity index is 2.03. The number of fused-ring (bicyclic) bond motifs is 1. The van der Waals surface area contributed by atoms with E-state index in [1.807, 2.05) is 71.3 Å². The highest BCUT2D eigenvalue weighted by atomic mass is 32.1. The van der Waals surface area contributed by atoms with E-state index in [0.29, 0.717) is 5.69 Å². The Bertz CT molecular complexity index is 1190. The highest BCUT2D eigenvalue weighted by molar-refractivity contribution is 7.80. The summed E-state index contributed by atoms with van der Waals surface area (Å²) in [5.41, 5.74) is 16.2. The average molecular weight is 421 g/mol. The zero-order valence-corrected chi connectivity index (χ0v) is 17.7. The third kappa shape index (κ3) is 3.53. The first kappa shape index (κ1) is 20.0. The smallest absolute Gasteiger partial charge is 0.128 e. The molecule has 30 heavy (non-hydrogen) atoms. The summed E-state index contributed by atoms with van der Waals surface area (Å²) in [7, 11) is 3.30. The number of nitrogens with zero attached hydrogens (tertiary/aromatic N) is 1. The number of aromatic nitrogens is 1. The van der Waals surface area contributed by atoms with Crippen LogP contribution in [0.1, 0.15) is 5.50 Å². The summed E-state index contributed by atoms with van der Waals surface area (Å²) in [5.74, 6) is 2.34. The lowest BCUT2D eigenvalue weighted by molar-refractivity contribution is 0.415. The SMILES string of the molecule is COc1ccc(-c2c(Nc3ccccc3N)n(C(N)S)c3ccc(OC)cc23)cc1. The van der Waals surface area contributed by atoms with E-state index in [2.05, 4.69) is 17.9 Å². The summed E-state index contributed by atoms with van der Waals surface area (Å²) in [6.45, 7) is 0. The molecule has 5 N–H and O–H groups in total. The van der Waals surface area contributed by atoms with Gasteiger partial charge in [-0.2, -0.15) is 0 Å². The number of benzene rings is 3. The van der Waals surface area contributed by atoms with Crippen molar-refractivity contribution in [3.63, 3.8) is 0 Å². The first-order valence-electron chi connectivity index (χ1n) is 9.45. The molecule has 0 bridgehead atoms. The van der Waals surface area contributed by atoms with Crippen molar-refractivity contribution in [1.82, 2.24) is 4.57 Å². The van der Waals surface area contributed by atoms with Crippen LogP contribution in [0.2, 0.25) is 0 Å². The van der Waals surface area contributed by atoms with Gasteiger partial charge in [0.2, 0.25) is 0 Å². The Hall–Kier alpha value is -3.29. The van der Waals surface area contributed by atoms with Crippen molar-refractivity contribution in [3.05, 3.63) is 66.7 Å². The molecule has 4 aromatic rings. The Labute approximate surface area is 180 Å². The Morgan fingerprint density at radius 3 is 2.23 bits per heavy atom. The Morgan fingerprint density at radius 1 is 0.933 bits per heavy atom. The first-order valence-corrected chi connectivity index (χ1v) is 9.96. The van der Waals surface area contributed by atoms with Crippen molar-refractivity contribution in [2.24, 2.45) is 5.73 Å². The second-order valence-electron chi connectivity index (χ2n) is 6.83. The number of methoxy groups -OCH3 is 2. The van der Waals surface area contributed by atoms with Crippen molar-refractivity contribution in [1.29, 1.82) is 0 Å². The van der Waals surface area contributed by atoms with Crippen LogP contribution in [-0.2, 0) is 0 Å². The van der Waals surface area contributed by atoms with Gasteiger partial charge in [-0.3, -0.25) is 0 Å². The minimum atomic E-state index is -0.569. The number of ether oxygens (including phenoxy) is 2. The molecule has 1 heterocycles. The van der Waals surface area contributed by atoms with Gasteiger partial charge in [0.25, 0.3) is 0 Å². The van der Waals surface area contributed by atoms with E-state index in [9.17, 15) is 0 Å². The second kappa shape index (κ2) is 8.22. The molecule has 4 rings (SSSR count). The standard InChI is InChI=1S/C23H24N4O2S/c1-28-15-9-7-14(8-10-15)21-17-13-16(29-2)11-12-20(17)27(23(25)30)22(21)26-19-6-4-3-5-18(19)24/h3-13,23,26,30H,24-25H2,1-2H3. The fraction of sp³-hybridized carbons (Fsp3) is 0.130. The maximum absolute atomic E-state index is 6.28. The predicted molar refractivity (Wildman–Crippen MR) is 127 cm³/mol. The van der Waals surface area contributed by atoms with Crippen LogP contribution < -0.4 is 26.3 Å². The lowest BCUT2D eigenvalue weighted by Gasteiger charge is -2.18. The van der Waals surface area contributed by atoms with Crippen LogP contribution in [0.15, 0.2) is 66.7 Å². The Kier molecular flexibility index (Phi) is 5.48. The van der Waals surface area contributed by atoms with Gasteiger partial charge in [0.05, 0.1) is 31.1 Å². The van der Waals surface area contributed by atoms with Gasteiger partial charge in [-0.25, -0.2) is 0 Å². The number of rotatable bonds is 6. The number of para-hydroxylation sites is 2. The third-order valence-electron chi connectivity index (χ3n) is 5.07. The van der Waals surface area contributed by atoms with Gasteiger partial charge in [-0.1, -0.05) is 24.3 Å². The molecule has 0 radical (unpaired) electrons. The minimum Gasteiger partial charge on any atom is -0.497 e. The average Bonchev–Trinajstić information content (AvgIpc) is 3.08. The summed E-state index contributed by atoms with van der Waals surface area (Å²) < 4.78 is 12.7. The van der Waals surface area contributed by atoms with Crippen LogP contribution in [0.25, 0.3) is 22.0 Å². The van der Waals surface area contributed by atoms with Crippen LogP contribution in [0.3, 0.4) is 0 Å². The molecule has 6 nitrogen and oxygen atoms in total. The van der Waals surface area contributed by atoms with Crippen molar-refractivity contribution in [3.8, 4) is 22.6 Å². The van der Waals surface area contributed by atoms with Gasteiger partial charge in [0.15, 0.2) is 0 Å². The molecule has 1 aromatic heterocycles. The fourth-order valence-corrected chi connectivity index (χ4v) is 3.85. The first-order chi connectivity index (χ1) is 14.5. The second-order valence-corrected chi connectivity index (χ2v) is 7.36. The normalized spacial score (nSPS) is 12.0. The van der Waals surface area contributed by atoms with E-state index in [-0.39, 0.29) is 0 Å². The molecule has 154 valence electrons. The molecule has 0 spiro atoms. The molecule has 1 atom stereocenters. The van der Waals surface area contributed by atoms with E-state index >= 15 is 0 Å². The quantitative estimate of drug-likeness (QED) is 0.200. The van der Waals surface area contributed by atoms with Gasteiger partial charge < -0.3 is 30.8 Å². The molecule has 1 unspecified atom stereocenters. The maximum atomic E-state index is 6.28. The number of hydrogen-bond acceptors (Lipinski definition) is 6. The van der Waals surface area contributed by atoms with Gasteiger partial charge in [0.1, 0.15) is 22.8 Å². The van der Waals surface area contributed by atoms with Gasteiger partial charge >= 0.3 is 0 Å². The monoisotopic (exact) mass is 420 g/mol. The molecule has 0 aliphatic heterocycles. The lowest BCUT2D eigenvalue weighted by atomic mass is 10.0. The number of nitrogens with one attached hydrogen (secondary N) is 1. The van der Waals surface area contributed by atoms with Gasteiger partial charge in [-0.15, -0.1) is 12.6 Å².